The molecule has 11 heteroatoms. The van der Waals surface area contributed by atoms with Crippen molar-refractivity contribution in [2.75, 3.05) is 13.1 Å². The molecule has 10 nitrogen and oxygen atoms in total. The van der Waals surface area contributed by atoms with Crippen molar-refractivity contribution in [2.45, 2.75) is 0 Å². The van der Waals surface area contributed by atoms with Crippen LogP contribution >= 0.6 is 0 Å². The van der Waals surface area contributed by atoms with Gasteiger partial charge in [0.05, 0.1) is 0 Å². The Morgan fingerprint density at radius 2 is 0.810 bits per heavy atom. The molecule has 0 aliphatic rings. The number of rotatable bonds is 1. The first-order chi connectivity index (χ1) is 8.84. The van der Waals surface area contributed by atoms with Gasteiger partial charge in [-0.05, 0) is 6.54 Å². The van der Waals surface area contributed by atoms with Crippen LogP contribution in [0.1, 0.15) is 0 Å². The van der Waals surface area contributed by atoms with Crippen molar-refractivity contribution < 1.29 is 81.4 Å². The summed E-state index contributed by atoms with van der Waals surface area (Å²) in [6.45, 7) is 11.1. The van der Waals surface area contributed by atoms with Gasteiger partial charge >= 0.3 is 0 Å². The van der Waals surface area contributed by atoms with E-state index < -0.39 is 23.9 Å². The topological polar surface area (TPSA) is 199 Å². The quantitative estimate of drug-likeness (QED) is 0.340. The molecule has 0 spiro atoms. The molecule has 0 aromatic rings. The fraction of sp³-hybridized carbons (Fsp3) is 0.200. The number of nitrogens with one attached hydrogen (secondary N) is 1. The Bertz CT molecular complexity index is 195. The zero-order chi connectivity index (χ0) is 17.7. The van der Waals surface area contributed by atoms with Crippen LogP contribution in [0.3, 0.4) is 0 Å². The maximum Gasteiger partial charge on any atom is 0.161 e. The Labute approximate surface area is 156 Å². The van der Waals surface area contributed by atoms with E-state index >= 15 is 0 Å². The van der Waals surface area contributed by atoms with Gasteiger partial charge in [-0.25, -0.2) is 0 Å². The third-order valence-electron chi connectivity index (χ3n) is 0.144. The molecule has 21 heavy (non-hydrogen) atoms. The Balaban J connectivity index is -0.0000000331. The van der Waals surface area contributed by atoms with E-state index in [1.165, 1.54) is 0 Å². The Morgan fingerprint density at radius 3 is 0.810 bits per heavy atom. The summed E-state index contributed by atoms with van der Waals surface area (Å²) in [6.07, 6.45) is 0. The first-order valence-electron chi connectivity index (χ1n) is 4.39. The van der Waals surface area contributed by atoms with E-state index in [1.807, 2.05) is 0 Å². The van der Waals surface area contributed by atoms with Crippen molar-refractivity contribution >= 4 is 23.9 Å². The van der Waals surface area contributed by atoms with Gasteiger partial charge in [0.1, 0.15) is 0 Å². The molecule has 0 aromatic carbocycles. The predicted molar refractivity (Wildman–Crippen MR) is 70.2 cm³/mol. The first kappa shape index (κ1) is 36.7. The third kappa shape index (κ3) is 43900. The van der Waals surface area contributed by atoms with E-state index in [1.54, 1.807) is 0 Å². The molecular weight excluding hydrogens is 416 g/mol. The summed E-state index contributed by atoms with van der Waals surface area (Å²) >= 11 is 0. The van der Waals surface area contributed by atoms with E-state index in [-0.39, 0.29) is 41.7 Å². The summed E-state index contributed by atoms with van der Waals surface area (Å²) < 4.78 is 0. The third-order valence-corrected chi connectivity index (χ3v) is 0.144. The average molecular weight is 435 g/mol. The predicted octanol–water partition coefficient (Wildman–Crippen LogP) is -0.382. The number of carboxylic acid groups (broad SMARTS) is 4. The van der Waals surface area contributed by atoms with Gasteiger partial charge in [-0.2, -0.15) is 0 Å². The van der Waals surface area contributed by atoms with Crippen LogP contribution in [0.4, 0.5) is 0 Å². The summed E-state index contributed by atoms with van der Waals surface area (Å²) in [4.78, 5) is 35.6. The minimum Gasteiger partial charge on any atom is -0.676 e. The van der Waals surface area contributed by atoms with Crippen LogP contribution in [0, 0.1) is 69.4 Å². The van der Waals surface area contributed by atoms with Gasteiger partial charge in [-0.15, -0.1) is 6.54 Å². The van der Waals surface area contributed by atoms with Crippen molar-refractivity contribution in [1.82, 2.24) is 0 Å². The number of carbonyl (C=O) groups is 4. The second-order valence-corrected chi connectivity index (χ2v) is 2.11. The van der Waals surface area contributed by atoms with Crippen LogP contribution in [0.15, 0.2) is 0 Å². The number of nitrogens with two attached hydrogens (primary N) is 1. The average Bonchev–Trinajstić information content (AvgIpc) is 2.13. The molecule has 0 heterocycles. The molecule has 0 saturated carbocycles. The number of aliphatic carboxylic acids is 4. The van der Waals surface area contributed by atoms with E-state index in [9.17, 15) is 0 Å². The fourth-order valence-electron chi connectivity index (χ4n) is 0. The molecule has 0 rings (SSSR count). The van der Waals surface area contributed by atoms with Gasteiger partial charge in [-0.3, -0.25) is 46.9 Å². The summed E-state index contributed by atoms with van der Waals surface area (Å²) in [5, 5.41) is 29.2. The largest absolute Gasteiger partial charge is 0.676 e. The van der Waals surface area contributed by atoms with Crippen molar-refractivity contribution in [1.29, 1.82) is 0 Å². The zero-order valence-electron chi connectivity index (χ0n) is 11.2. The van der Waals surface area contributed by atoms with Gasteiger partial charge in [0.25, 0.3) is 0 Å². The maximum atomic E-state index is 8.89. The Kier molecular flexibility index (Phi) is 63.4. The van der Waals surface area contributed by atoms with Crippen LogP contribution < -0.4 is 5.73 Å². The zero-order valence-corrected chi connectivity index (χ0v) is 14.4. The molecule has 0 saturated heterocycles. The number of carboxylic acids is 4. The van der Waals surface area contributed by atoms with Crippen molar-refractivity contribution in [3.8, 4) is 0 Å². The normalized spacial score (nSPS) is 6.00. The number of hydrogen-bond donors (Lipinski definition) is 5. The van der Waals surface area contributed by atoms with Crippen LogP contribution in [0.25, 0.3) is 5.73 Å². The smallest absolute Gasteiger partial charge is 0.161 e. The minimum absolute atomic E-state index is 0. The standard InChI is InChI=1S/C2H7N2.4C2H3O2.Ce/c3-1-2-4;4*1-2(3)4;/h3H,1-2,4H2;4*1H2,(H,3,4);/q5*-1;. The summed E-state index contributed by atoms with van der Waals surface area (Å²) in [5.41, 5.74) is 11.2. The Morgan fingerprint density at radius 1 is 0.762 bits per heavy atom. The molecule has 0 aromatic heterocycles. The SMILES string of the molecule is [CH2-]C(=O)O.[CH2-]C(=O)O.[CH2-]C(=O)O.[CH2-]C(=O)O.[Ce].[NH-]CCN. The second-order valence-electron chi connectivity index (χ2n) is 2.11. The molecule has 0 unspecified atom stereocenters. The molecule has 126 valence electrons. The van der Waals surface area contributed by atoms with Gasteiger partial charge in [-0.1, -0.05) is 0 Å². The van der Waals surface area contributed by atoms with Crippen LogP contribution in [-0.2, 0) is 19.2 Å². The van der Waals surface area contributed by atoms with Crippen LogP contribution in [0.2, 0.25) is 0 Å². The van der Waals surface area contributed by atoms with E-state index in [4.69, 9.17) is 51.1 Å². The second kappa shape index (κ2) is 36.3. The van der Waals surface area contributed by atoms with Crippen molar-refractivity contribution in [3.63, 3.8) is 0 Å². The molecule has 0 amide bonds. The van der Waals surface area contributed by atoms with E-state index in [0.717, 1.165) is 0 Å². The van der Waals surface area contributed by atoms with Gasteiger partial charge in [0.15, 0.2) is 23.9 Å². The molecule has 0 bridgehead atoms. The molecule has 0 atom stereocenters. The maximum absolute atomic E-state index is 8.89. The van der Waals surface area contributed by atoms with Crippen molar-refractivity contribution in [2.24, 2.45) is 5.73 Å². The summed E-state index contributed by atoms with van der Waals surface area (Å²) in [5.74, 6) is -4.33. The molecule has 0 radical (unpaired) electrons. The Hall–Kier alpha value is -1.34. The molecule has 0 aliphatic carbocycles. The molecule has 0 fully saturated rings. The van der Waals surface area contributed by atoms with Crippen molar-refractivity contribution in [3.05, 3.63) is 33.4 Å². The summed E-state index contributed by atoms with van der Waals surface area (Å²) in [6, 6.07) is 0. The van der Waals surface area contributed by atoms with Crippen LogP contribution in [-0.4, -0.2) is 57.4 Å². The summed E-state index contributed by atoms with van der Waals surface area (Å²) in [7, 11) is 0. The molecule has 0 aliphatic heterocycles. The monoisotopic (exact) mass is 435 g/mol. The van der Waals surface area contributed by atoms with Gasteiger partial charge in [0, 0.05) is 41.7 Å². The number of hydrogen-bond acceptors (Lipinski definition) is 5. The molecular formula is C10H19CeN2O8-5. The van der Waals surface area contributed by atoms with Gasteiger partial charge < -0.3 is 31.9 Å². The van der Waals surface area contributed by atoms with Crippen LogP contribution in [0.5, 0.6) is 0 Å². The van der Waals surface area contributed by atoms with E-state index in [0.29, 0.717) is 13.1 Å². The molecule has 7 N–H and O–H groups in total. The first-order valence-corrected chi connectivity index (χ1v) is 4.39. The van der Waals surface area contributed by atoms with E-state index in [2.05, 4.69) is 27.7 Å². The fourth-order valence-corrected chi connectivity index (χ4v) is 0. The minimum atomic E-state index is -1.08. The van der Waals surface area contributed by atoms with Gasteiger partial charge in [0.2, 0.25) is 0 Å².